The van der Waals surface area contributed by atoms with Crippen LogP contribution in [0, 0.1) is 0 Å². The van der Waals surface area contributed by atoms with Crippen LogP contribution >= 0.6 is 0 Å². The van der Waals surface area contributed by atoms with Crippen molar-refractivity contribution in [2.45, 2.75) is 19.9 Å². The maximum absolute atomic E-state index is 10.5. The van der Waals surface area contributed by atoms with Crippen LogP contribution in [0.15, 0.2) is 16.5 Å². The van der Waals surface area contributed by atoms with Crippen molar-refractivity contribution in [1.82, 2.24) is 0 Å². The fourth-order valence-corrected chi connectivity index (χ4v) is 1.58. The minimum Gasteiger partial charge on any atom is -0.438 e. The molecule has 0 bridgehead atoms. The summed E-state index contributed by atoms with van der Waals surface area (Å²) in [6, 6.07) is 3.70. The first-order chi connectivity index (χ1) is 7.22. The molecule has 0 aromatic carbocycles. The minimum atomic E-state index is 0.227. The number of carbonyl (C=O) groups excluding carboxylic acids is 1. The van der Waals surface area contributed by atoms with E-state index in [9.17, 15) is 4.79 Å². The molecular formula is C11H17NO3. The highest BCUT2D eigenvalue weighted by Crippen LogP contribution is 2.19. The van der Waals surface area contributed by atoms with Gasteiger partial charge in [0, 0.05) is 19.7 Å². The van der Waals surface area contributed by atoms with Crippen LogP contribution in [0.25, 0.3) is 0 Å². The van der Waals surface area contributed by atoms with Crippen LogP contribution in [-0.4, -0.2) is 32.6 Å². The molecule has 1 heterocycles. The van der Waals surface area contributed by atoms with E-state index in [0.717, 1.165) is 6.54 Å². The molecule has 0 aliphatic carbocycles. The zero-order valence-corrected chi connectivity index (χ0v) is 9.40. The number of furan rings is 1. The first kappa shape index (κ1) is 11.8. The molecule has 1 unspecified atom stereocenters. The molecule has 1 aromatic heterocycles. The summed E-state index contributed by atoms with van der Waals surface area (Å²) >= 11 is 0. The van der Waals surface area contributed by atoms with Crippen molar-refractivity contribution in [3.8, 4) is 0 Å². The predicted molar refractivity (Wildman–Crippen MR) is 58.5 cm³/mol. The number of anilines is 1. The molecule has 84 valence electrons. The zero-order valence-electron chi connectivity index (χ0n) is 9.40. The van der Waals surface area contributed by atoms with Gasteiger partial charge in [-0.25, -0.2) is 0 Å². The van der Waals surface area contributed by atoms with Gasteiger partial charge in [0.2, 0.25) is 0 Å². The van der Waals surface area contributed by atoms with Crippen molar-refractivity contribution < 1.29 is 13.9 Å². The molecule has 0 radical (unpaired) electrons. The Balaban J connectivity index is 2.77. The van der Waals surface area contributed by atoms with Gasteiger partial charge in [0.25, 0.3) is 0 Å². The largest absolute Gasteiger partial charge is 0.438 e. The lowest BCUT2D eigenvalue weighted by Gasteiger charge is -2.26. The van der Waals surface area contributed by atoms with Crippen molar-refractivity contribution >= 4 is 12.2 Å². The molecule has 0 amide bonds. The van der Waals surface area contributed by atoms with E-state index in [1.807, 2.05) is 6.92 Å². The predicted octanol–water partition coefficient (Wildman–Crippen LogP) is 1.95. The monoisotopic (exact) mass is 211 g/mol. The zero-order chi connectivity index (χ0) is 11.3. The lowest BCUT2D eigenvalue weighted by molar-refractivity contribution is 0.110. The summed E-state index contributed by atoms with van der Waals surface area (Å²) in [5.41, 5.74) is 0. The van der Waals surface area contributed by atoms with E-state index in [1.54, 1.807) is 19.2 Å². The van der Waals surface area contributed by atoms with E-state index in [4.69, 9.17) is 9.15 Å². The van der Waals surface area contributed by atoms with Crippen LogP contribution in [0.3, 0.4) is 0 Å². The number of aldehydes is 1. The normalized spacial score (nSPS) is 12.5. The fraction of sp³-hybridized carbons (Fsp3) is 0.545. The van der Waals surface area contributed by atoms with Crippen molar-refractivity contribution in [1.29, 1.82) is 0 Å². The molecule has 0 saturated carbocycles. The van der Waals surface area contributed by atoms with Gasteiger partial charge in [0.1, 0.15) is 0 Å². The molecule has 0 fully saturated rings. The summed E-state index contributed by atoms with van der Waals surface area (Å²) in [6.07, 6.45) is 0.707. The molecule has 1 atom stereocenters. The number of rotatable bonds is 6. The smallest absolute Gasteiger partial charge is 0.196 e. The Kier molecular flexibility index (Phi) is 4.37. The molecular weight excluding hydrogens is 194 g/mol. The second kappa shape index (κ2) is 5.56. The Hall–Kier alpha value is -1.29. The number of nitrogens with zero attached hydrogens (tertiary/aromatic N) is 1. The lowest BCUT2D eigenvalue weighted by atomic mass is 10.3. The summed E-state index contributed by atoms with van der Waals surface area (Å²) in [7, 11) is 1.67. The summed E-state index contributed by atoms with van der Waals surface area (Å²) in [5.74, 6) is 1.07. The highest BCUT2D eigenvalue weighted by molar-refractivity contribution is 5.71. The van der Waals surface area contributed by atoms with Gasteiger partial charge in [-0.2, -0.15) is 0 Å². The van der Waals surface area contributed by atoms with E-state index >= 15 is 0 Å². The third-order valence-corrected chi connectivity index (χ3v) is 2.29. The van der Waals surface area contributed by atoms with Crippen LogP contribution in [0.1, 0.15) is 24.4 Å². The lowest BCUT2D eigenvalue weighted by Crippen LogP contribution is -2.35. The SMILES string of the molecule is CCN(c1ccc(C=O)o1)C(C)COC. The van der Waals surface area contributed by atoms with E-state index in [-0.39, 0.29) is 6.04 Å². The fourth-order valence-electron chi connectivity index (χ4n) is 1.58. The summed E-state index contributed by atoms with van der Waals surface area (Å²) in [6.45, 7) is 5.53. The summed E-state index contributed by atoms with van der Waals surface area (Å²) in [4.78, 5) is 12.5. The molecule has 4 nitrogen and oxygen atoms in total. The Labute approximate surface area is 89.8 Å². The van der Waals surface area contributed by atoms with Crippen LogP contribution in [0.5, 0.6) is 0 Å². The molecule has 4 heteroatoms. The van der Waals surface area contributed by atoms with Crippen LogP contribution in [0.2, 0.25) is 0 Å². The van der Waals surface area contributed by atoms with E-state index in [2.05, 4.69) is 11.8 Å². The highest BCUT2D eigenvalue weighted by Gasteiger charge is 2.15. The van der Waals surface area contributed by atoms with Gasteiger partial charge >= 0.3 is 0 Å². The van der Waals surface area contributed by atoms with Crippen LogP contribution in [-0.2, 0) is 4.74 Å². The summed E-state index contributed by atoms with van der Waals surface area (Å²) in [5, 5.41) is 0. The second-order valence-electron chi connectivity index (χ2n) is 3.38. The number of hydrogen-bond acceptors (Lipinski definition) is 4. The molecule has 0 aliphatic rings. The first-order valence-electron chi connectivity index (χ1n) is 5.03. The molecule has 1 aromatic rings. The number of likely N-dealkylation sites (N-methyl/N-ethyl adjacent to an activating group) is 1. The average Bonchev–Trinajstić information content (AvgIpc) is 2.68. The molecule has 0 N–H and O–H groups in total. The van der Waals surface area contributed by atoms with Gasteiger partial charge in [-0.1, -0.05) is 0 Å². The molecule has 0 aliphatic heterocycles. The quantitative estimate of drug-likeness (QED) is 0.674. The van der Waals surface area contributed by atoms with Gasteiger partial charge in [-0.3, -0.25) is 4.79 Å². The van der Waals surface area contributed by atoms with E-state index in [1.165, 1.54) is 0 Å². The topological polar surface area (TPSA) is 42.7 Å². The minimum absolute atomic E-state index is 0.227. The van der Waals surface area contributed by atoms with Crippen molar-refractivity contribution in [3.63, 3.8) is 0 Å². The third-order valence-electron chi connectivity index (χ3n) is 2.29. The highest BCUT2D eigenvalue weighted by atomic mass is 16.5. The standard InChI is InChI=1S/C11H17NO3/c1-4-12(9(2)8-14-3)11-6-5-10(7-13)15-11/h5-7,9H,4,8H2,1-3H3. The number of hydrogen-bond donors (Lipinski definition) is 0. The van der Waals surface area contributed by atoms with E-state index < -0.39 is 0 Å². The van der Waals surface area contributed by atoms with Crippen molar-refractivity contribution in [3.05, 3.63) is 17.9 Å². The first-order valence-corrected chi connectivity index (χ1v) is 5.03. The van der Waals surface area contributed by atoms with Gasteiger partial charge in [-0.15, -0.1) is 0 Å². The van der Waals surface area contributed by atoms with Crippen LogP contribution < -0.4 is 4.90 Å². The Morgan fingerprint density at radius 1 is 1.60 bits per heavy atom. The van der Waals surface area contributed by atoms with Crippen molar-refractivity contribution in [2.24, 2.45) is 0 Å². The molecule has 1 rings (SSSR count). The van der Waals surface area contributed by atoms with Gasteiger partial charge in [0.05, 0.1) is 12.6 Å². The van der Waals surface area contributed by atoms with Gasteiger partial charge < -0.3 is 14.1 Å². The third kappa shape index (κ3) is 2.83. The van der Waals surface area contributed by atoms with Gasteiger partial charge in [0.15, 0.2) is 17.9 Å². The Morgan fingerprint density at radius 2 is 2.33 bits per heavy atom. The molecule has 0 saturated heterocycles. The molecule has 0 spiro atoms. The maximum Gasteiger partial charge on any atom is 0.196 e. The van der Waals surface area contributed by atoms with Crippen LogP contribution in [0.4, 0.5) is 5.88 Å². The van der Waals surface area contributed by atoms with Crippen molar-refractivity contribution in [2.75, 3.05) is 25.2 Å². The van der Waals surface area contributed by atoms with E-state index in [0.29, 0.717) is 24.5 Å². The summed E-state index contributed by atoms with van der Waals surface area (Å²) < 4.78 is 10.4. The Bertz CT molecular complexity index is 309. The number of methoxy groups -OCH3 is 1. The average molecular weight is 211 g/mol. The number of ether oxygens (including phenoxy) is 1. The Morgan fingerprint density at radius 3 is 2.80 bits per heavy atom. The number of carbonyl (C=O) groups is 1. The maximum atomic E-state index is 10.5. The molecule has 15 heavy (non-hydrogen) atoms. The second-order valence-corrected chi connectivity index (χ2v) is 3.38. The van der Waals surface area contributed by atoms with Gasteiger partial charge in [-0.05, 0) is 19.9 Å².